The maximum atomic E-state index is 11.5. The van der Waals surface area contributed by atoms with Crippen LogP contribution in [0, 0.1) is 6.92 Å². The van der Waals surface area contributed by atoms with Crippen molar-refractivity contribution >= 4 is 9.84 Å². The van der Waals surface area contributed by atoms with Gasteiger partial charge in [-0.3, -0.25) is 0 Å². The fourth-order valence-electron chi connectivity index (χ4n) is 2.25. The van der Waals surface area contributed by atoms with Crippen molar-refractivity contribution in [2.24, 2.45) is 0 Å². The Kier molecular flexibility index (Phi) is 4.35. The van der Waals surface area contributed by atoms with Gasteiger partial charge in [-0.15, -0.1) is 0 Å². The molecule has 0 bridgehead atoms. The maximum Gasteiger partial charge on any atom is 0.243 e. The molecule has 0 radical (unpaired) electrons. The standard InChI is InChI=1S/C17H17N3O3S/c1-12-10-14(23-11-13-6-4-3-5-7-13)8-9-15(12)16-18-17(20-19-16)24(2,21)22/h3-10H,11H2,1-2H3,(H,18,19,20). The van der Waals surface area contributed by atoms with Crippen molar-refractivity contribution in [2.45, 2.75) is 18.7 Å². The van der Waals surface area contributed by atoms with Crippen molar-refractivity contribution < 1.29 is 13.2 Å². The van der Waals surface area contributed by atoms with Crippen LogP contribution in [0.1, 0.15) is 11.1 Å². The Morgan fingerprint density at radius 3 is 2.50 bits per heavy atom. The Morgan fingerprint density at radius 1 is 1.12 bits per heavy atom. The molecule has 1 N–H and O–H groups in total. The summed E-state index contributed by atoms with van der Waals surface area (Å²) >= 11 is 0. The molecule has 6 nitrogen and oxygen atoms in total. The third-order valence-corrected chi connectivity index (χ3v) is 4.39. The van der Waals surface area contributed by atoms with Crippen LogP contribution >= 0.6 is 0 Å². The third-order valence-electron chi connectivity index (χ3n) is 3.50. The fraction of sp³-hybridized carbons (Fsp3) is 0.176. The molecule has 3 aromatic rings. The van der Waals surface area contributed by atoms with E-state index in [4.69, 9.17) is 4.74 Å². The number of nitrogens with one attached hydrogen (secondary N) is 1. The van der Waals surface area contributed by atoms with E-state index in [0.29, 0.717) is 12.4 Å². The fourth-order valence-corrected chi connectivity index (χ4v) is 2.71. The summed E-state index contributed by atoms with van der Waals surface area (Å²) in [6.07, 6.45) is 1.09. The highest BCUT2D eigenvalue weighted by atomic mass is 32.2. The molecule has 0 fully saturated rings. The normalized spacial score (nSPS) is 11.4. The smallest absolute Gasteiger partial charge is 0.243 e. The number of rotatable bonds is 5. The van der Waals surface area contributed by atoms with Gasteiger partial charge in [0.15, 0.2) is 5.82 Å². The zero-order valence-electron chi connectivity index (χ0n) is 13.4. The Balaban J connectivity index is 1.78. The molecule has 3 rings (SSSR count). The predicted octanol–water partition coefficient (Wildman–Crippen LogP) is 2.76. The van der Waals surface area contributed by atoms with Crippen LogP contribution in [0.3, 0.4) is 0 Å². The van der Waals surface area contributed by atoms with Gasteiger partial charge in [0.25, 0.3) is 0 Å². The van der Waals surface area contributed by atoms with Crippen molar-refractivity contribution in [1.82, 2.24) is 15.2 Å². The molecule has 0 unspecified atom stereocenters. The van der Waals surface area contributed by atoms with E-state index in [-0.39, 0.29) is 5.16 Å². The van der Waals surface area contributed by atoms with Crippen LogP contribution in [0.4, 0.5) is 0 Å². The first kappa shape index (κ1) is 16.2. The van der Waals surface area contributed by atoms with Crippen LogP contribution in [-0.4, -0.2) is 29.9 Å². The van der Waals surface area contributed by atoms with Gasteiger partial charge < -0.3 is 4.74 Å². The van der Waals surface area contributed by atoms with E-state index in [1.807, 2.05) is 55.5 Å². The molecule has 1 heterocycles. The summed E-state index contributed by atoms with van der Waals surface area (Å²) in [5.74, 6) is 1.08. The molecule has 124 valence electrons. The van der Waals surface area contributed by atoms with Crippen molar-refractivity contribution in [3.8, 4) is 17.1 Å². The molecule has 0 aliphatic carbocycles. The second kappa shape index (κ2) is 6.45. The summed E-state index contributed by atoms with van der Waals surface area (Å²) < 4.78 is 28.7. The lowest BCUT2D eigenvalue weighted by molar-refractivity contribution is 0.306. The Morgan fingerprint density at radius 2 is 1.88 bits per heavy atom. The molecule has 0 spiro atoms. The number of H-pyrrole nitrogens is 1. The van der Waals surface area contributed by atoms with Crippen LogP contribution < -0.4 is 4.74 Å². The number of hydrogen-bond acceptors (Lipinski definition) is 5. The van der Waals surface area contributed by atoms with Gasteiger partial charge in [-0.05, 0) is 36.2 Å². The number of hydrogen-bond donors (Lipinski definition) is 1. The molecule has 0 aliphatic rings. The molecule has 1 aromatic heterocycles. The first-order chi connectivity index (χ1) is 11.4. The van der Waals surface area contributed by atoms with E-state index in [1.165, 1.54) is 0 Å². The minimum Gasteiger partial charge on any atom is -0.489 e. The van der Waals surface area contributed by atoms with Crippen molar-refractivity contribution in [1.29, 1.82) is 0 Å². The summed E-state index contributed by atoms with van der Waals surface area (Å²) in [6.45, 7) is 2.39. The number of benzene rings is 2. The van der Waals surface area contributed by atoms with Gasteiger partial charge >= 0.3 is 0 Å². The lowest BCUT2D eigenvalue weighted by atomic mass is 10.1. The summed E-state index contributed by atoms with van der Waals surface area (Å²) in [5, 5.41) is 6.30. The van der Waals surface area contributed by atoms with Crippen molar-refractivity contribution in [3.05, 3.63) is 59.7 Å². The molecule has 0 saturated carbocycles. The van der Waals surface area contributed by atoms with Crippen LogP contribution in [0.2, 0.25) is 0 Å². The second-order valence-electron chi connectivity index (χ2n) is 5.49. The summed E-state index contributed by atoms with van der Waals surface area (Å²) in [7, 11) is -3.40. The van der Waals surface area contributed by atoms with Crippen LogP contribution in [0.25, 0.3) is 11.4 Å². The van der Waals surface area contributed by atoms with Gasteiger partial charge in [0, 0.05) is 11.8 Å². The van der Waals surface area contributed by atoms with Gasteiger partial charge in [0.05, 0.1) is 0 Å². The van der Waals surface area contributed by atoms with E-state index in [0.717, 1.165) is 28.7 Å². The number of nitrogens with zero attached hydrogens (tertiary/aromatic N) is 2. The SMILES string of the molecule is Cc1cc(OCc2ccccc2)ccc1-c1n[nH]c(S(C)(=O)=O)n1. The molecule has 7 heteroatoms. The van der Waals surface area contributed by atoms with Crippen molar-refractivity contribution in [3.63, 3.8) is 0 Å². The van der Waals surface area contributed by atoms with Gasteiger partial charge in [0.2, 0.25) is 15.0 Å². The highest BCUT2D eigenvalue weighted by Gasteiger charge is 2.15. The minimum absolute atomic E-state index is 0.138. The average Bonchev–Trinajstić information content (AvgIpc) is 3.04. The molecular weight excluding hydrogens is 326 g/mol. The first-order valence-electron chi connectivity index (χ1n) is 7.34. The Hall–Kier alpha value is -2.67. The molecule has 0 aliphatic heterocycles. The third kappa shape index (κ3) is 3.62. The predicted molar refractivity (Wildman–Crippen MR) is 90.4 cm³/mol. The molecule has 24 heavy (non-hydrogen) atoms. The lowest BCUT2D eigenvalue weighted by Crippen LogP contribution is -1.99. The summed E-state index contributed by atoms with van der Waals surface area (Å²) in [5.41, 5.74) is 2.75. The largest absolute Gasteiger partial charge is 0.489 e. The monoisotopic (exact) mass is 343 g/mol. The number of ether oxygens (including phenoxy) is 1. The summed E-state index contributed by atoms with van der Waals surface area (Å²) in [6, 6.07) is 15.4. The molecule has 0 atom stereocenters. The quantitative estimate of drug-likeness (QED) is 0.770. The maximum absolute atomic E-state index is 11.5. The minimum atomic E-state index is -3.40. The van der Waals surface area contributed by atoms with E-state index >= 15 is 0 Å². The Bertz CT molecular complexity index is 950. The Labute approximate surface area is 140 Å². The van der Waals surface area contributed by atoms with E-state index in [1.54, 1.807) is 0 Å². The van der Waals surface area contributed by atoms with Gasteiger partial charge in [-0.25, -0.2) is 13.5 Å². The molecule has 0 amide bonds. The van der Waals surface area contributed by atoms with Crippen LogP contribution in [0.5, 0.6) is 5.75 Å². The van der Waals surface area contributed by atoms with E-state index in [2.05, 4.69) is 15.2 Å². The van der Waals surface area contributed by atoms with Gasteiger partial charge in [-0.2, -0.15) is 10.1 Å². The lowest BCUT2D eigenvalue weighted by Gasteiger charge is -2.09. The highest BCUT2D eigenvalue weighted by molar-refractivity contribution is 7.90. The second-order valence-corrected chi connectivity index (χ2v) is 7.42. The van der Waals surface area contributed by atoms with Gasteiger partial charge in [0.1, 0.15) is 12.4 Å². The summed E-state index contributed by atoms with van der Waals surface area (Å²) in [4.78, 5) is 4.04. The zero-order chi connectivity index (χ0) is 17.2. The molecule has 2 aromatic carbocycles. The van der Waals surface area contributed by atoms with E-state index in [9.17, 15) is 8.42 Å². The zero-order valence-corrected chi connectivity index (χ0v) is 14.2. The topological polar surface area (TPSA) is 84.9 Å². The molecule has 0 saturated heterocycles. The first-order valence-corrected chi connectivity index (χ1v) is 9.23. The molecular formula is C17H17N3O3S. The van der Waals surface area contributed by atoms with Crippen molar-refractivity contribution in [2.75, 3.05) is 6.26 Å². The van der Waals surface area contributed by atoms with Crippen LogP contribution in [-0.2, 0) is 16.4 Å². The van der Waals surface area contributed by atoms with Gasteiger partial charge in [-0.1, -0.05) is 30.3 Å². The number of sulfone groups is 1. The highest BCUT2D eigenvalue weighted by Crippen LogP contribution is 2.25. The van der Waals surface area contributed by atoms with Crippen LogP contribution in [0.15, 0.2) is 53.7 Å². The average molecular weight is 343 g/mol. The number of aromatic nitrogens is 3. The number of aromatic amines is 1. The number of aryl methyl sites for hydroxylation is 1. The van der Waals surface area contributed by atoms with E-state index < -0.39 is 9.84 Å².